The van der Waals surface area contributed by atoms with Crippen molar-refractivity contribution in [3.05, 3.63) is 0 Å². The predicted molar refractivity (Wildman–Crippen MR) is 70.3 cm³/mol. The molecule has 18 heavy (non-hydrogen) atoms. The van der Waals surface area contributed by atoms with Crippen LogP contribution in [-0.4, -0.2) is 67.2 Å². The van der Waals surface area contributed by atoms with Crippen molar-refractivity contribution in [2.24, 2.45) is 5.73 Å². The number of piperidine rings is 1. The van der Waals surface area contributed by atoms with Gasteiger partial charge < -0.3 is 10.5 Å². The topological polar surface area (TPSA) is 58.8 Å². The van der Waals surface area contributed by atoms with Crippen molar-refractivity contribution >= 4 is 5.97 Å². The molecule has 2 fully saturated rings. The Morgan fingerprint density at radius 1 is 1.39 bits per heavy atom. The smallest absolute Gasteiger partial charge is 0.324 e. The number of piperazine rings is 1. The minimum absolute atomic E-state index is 0.274. The number of ether oxygens (including phenoxy) is 1. The van der Waals surface area contributed by atoms with Crippen molar-refractivity contribution in [2.45, 2.75) is 38.3 Å². The summed E-state index contributed by atoms with van der Waals surface area (Å²) in [6.07, 6.45) is 3.95. The van der Waals surface area contributed by atoms with Crippen molar-refractivity contribution in [2.75, 3.05) is 39.3 Å². The van der Waals surface area contributed by atoms with Crippen LogP contribution in [0.1, 0.15) is 26.2 Å². The fourth-order valence-electron chi connectivity index (χ4n) is 2.99. The van der Waals surface area contributed by atoms with E-state index in [2.05, 4.69) is 9.80 Å². The van der Waals surface area contributed by atoms with E-state index < -0.39 is 6.04 Å². The predicted octanol–water partition coefficient (Wildman–Crippen LogP) is 0.0469. The van der Waals surface area contributed by atoms with E-state index in [-0.39, 0.29) is 5.97 Å². The maximum Gasteiger partial charge on any atom is 0.324 e. The lowest BCUT2D eigenvalue weighted by Gasteiger charge is -2.44. The normalized spacial score (nSPS) is 27.6. The summed E-state index contributed by atoms with van der Waals surface area (Å²) in [6.45, 7) is 7.26. The molecule has 2 unspecified atom stereocenters. The summed E-state index contributed by atoms with van der Waals surface area (Å²) in [7, 11) is 0. The number of rotatable bonds is 4. The van der Waals surface area contributed by atoms with Crippen LogP contribution in [0, 0.1) is 0 Å². The van der Waals surface area contributed by atoms with Crippen LogP contribution in [0.2, 0.25) is 0 Å². The SMILES string of the molecule is CCOC(=O)C(N)CN1CCN2CCCCC2C1. The van der Waals surface area contributed by atoms with Crippen molar-refractivity contribution in [3.8, 4) is 0 Å². The van der Waals surface area contributed by atoms with E-state index in [0.29, 0.717) is 19.2 Å². The van der Waals surface area contributed by atoms with Crippen LogP contribution in [-0.2, 0) is 9.53 Å². The number of nitrogens with two attached hydrogens (primary N) is 1. The Bertz CT molecular complexity index is 285. The molecule has 0 aromatic carbocycles. The van der Waals surface area contributed by atoms with Gasteiger partial charge in [0.05, 0.1) is 6.61 Å². The van der Waals surface area contributed by atoms with Gasteiger partial charge in [-0.2, -0.15) is 0 Å². The molecule has 0 bridgehead atoms. The van der Waals surface area contributed by atoms with Crippen molar-refractivity contribution < 1.29 is 9.53 Å². The molecule has 0 radical (unpaired) electrons. The molecule has 2 heterocycles. The summed E-state index contributed by atoms with van der Waals surface area (Å²) >= 11 is 0. The second-order valence-corrected chi connectivity index (χ2v) is 5.30. The number of nitrogens with zero attached hydrogens (tertiary/aromatic N) is 2. The standard InChI is InChI=1S/C13H25N3O2/c1-2-18-13(17)12(14)10-15-7-8-16-6-4-3-5-11(16)9-15/h11-12H,2-10,14H2,1H3. The van der Waals surface area contributed by atoms with Gasteiger partial charge in [-0.25, -0.2) is 0 Å². The summed E-state index contributed by atoms with van der Waals surface area (Å²) in [5.41, 5.74) is 5.87. The Labute approximate surface area is 109 Å². The fourth-order valence-corrected chi connectivity index (χ4v) is 2.99. The highest BCUT2D eigenvalue weighted by Crippen LogP contribution is 2.20. The van der Waals surface area contributed by atoms with Crippen molar-refractivity contribution in [1.29, 1.82) is 0 Å². The first-order valence-electron chi connectivity index (χ1n) is 7.09. The van der Waals surface area contributed by atoms with E-state index >= 15 is 0 Å². The molecule has 2 N–H and O–H groups in total. The highest BCUT2D eigenvalue weighted by Gasteiger charge is 2.30. The first kappa shape index (κ1) is 13.8. The highest BCUT2D eigenvalue weighted by molar-refractivity contribution is 5.75. The maximum atomic E-state index is 11.5. The number of esters is 1. The van der Waals surface area contributed by atoms with Gasteiger partial charge in [0.15, 0.2) is 0 Å². The molecule has 2 saturated heterocycles. The Morgan fingerprint density at radius 3 is 3.00 bits per heavy atom. The zero-order valence-corrected chi connectivity index (χ0v) is 11.3. The number of fused-ring (bicyclic) bond motifs is 1. The van der Waals surface area contributed by atoms with Gasteiger partial charge in [-0.15, -0.1) is 0 Å². The molecule has 2 aliphatic rings. The van der Waals surface area contributed by atoms with E-state index in [1.807, 2.05) is 6.92 Å². The molecule has 0 aromatic rings. The molecular weight excluding hydrogens is 230 g/mol. The van der Waals surface area contributed by atoms with Crippen LogP contribution >= 0.6 is 0 Å². The average Bonchev–Trinajstić information content (AvgIpc) is 2.39. The molecule has 0 spiro atoms. The summed E-state index contributed by atoms with van der Waals surface area (Å²) in [4.78, 5) is 16.4. The first-order chi connectivity index (χ1) is 8.70. The van der Waals surface area contributed by atoms with Crippen LogP contribution in [0.15, 0.2) is 0 Å². The van der Waals surface area contributed by atoms with Crippen LogP contribution in [0.4, 0.5) is 0 Å². The Balaban J connectivity index is 1.78. The van der Waals surface area contributed by atoms with Crippen molar-refractivity contribution in [3.63, 3.8) is 0 Å². The molecule has 2 aliphatic heterocycles. The lowest BCUT2D eigenvalue weighted by molar-refractivity contribution is -0.145. The zero-order chi connectivity index (χ0) is 13.0. The monoisotopic (exact) mass is 255 g/mol. The summed E-state index contributed by atoms with van der Waals surface area (Å²) in [5.74, 6) is -0.274. The van der Waals surface area contributed by atoms with Gasteiger partial charge in [0, 0.05) is 32.2 Å². The van der Waals surface area contributed by atoms with Gasteiger partial charge in [0.2, 0.25) is 0 Å². The number of carbonyl (C=O) groups is 1. The quantitative estimate of drug-likeness (QED) is 0.719. The van der Waals surface area contributed by atoms with Gasteiger partial charge in [-0.1, -0.05) is 6.42 Å². The van der Waals surface area contributed by atoms with E-state index in [4.69, 9.17) is 10.5 Å². The molecule has 2 rings (SSSR count). The van der Waals surface area contributed by atoms with E-state index in [1.54, 1.807) is 0 Å². The molecule has 2 atom stereocenters. The van der Waals surface area contributed by atoms with Crippen LogP contribution in [0.25, 0.3) is 0 Å². The second kappa shape index (κ2) is 6.50. The van der Waals surface area contributed by atoms with Crippen molar-refractivity contribution in [1.82, 2.24) is 9.80 Å². The molecule has 0 aromatic heterocycles. The van der Waals surface area contributed by atoms with Crippen LogP contribution in [0.3, 0.4) is 0 Å². The number of carbonyl (C=O) groups excluding carboxylic acids is 1. The van der Waals surface area contributed by atoms with E-state index in [9.17, 15) is 4.79 Å². The van der Waals surface area contributed by atoms with Crippen LogP contribution in [0.5, 0.6) is 0 Å². The molecule has 5 heteroatoms. The van der Waals surface area contributed by atoms with Gasteiger partial charge in [-0.05, 0) is 26.3 Å². The summed E-state index contributed by atoms with van der Waals surface area (Å²) < 4.78 is 4.95. The molecule has 0 aliphatic carbocycles. The zero-order valence-electron chi connectivity index (χ0n) is 11.3. The van der Waals surface area contributed by atoms with Gasteiger partial charge in [0.1, 0.15) is 6.04 Å². The van der Waals surface area contributed by atoms with E-state index in [1.165, 1.54) is 25.8 Å². The van der Waals surface area contributed by atoms with Crippen LogP contribution < -0.4 is 5.73 Å². The second-order valence-electron chi connectivity index (χ2n) is 5.30. The highest BCUT2D eigenvalue weighted by atomic mass is 16.5. The first-order valence-corrected chi connectivity index (χ1v) is 7.09. The molecule has 0 saturated carbocycles. The Morgan fingerprint density at radius 2 is 2.22 bits per heavy atom. The summed E-state index contributed by atoms with van der Waals surface area (Å²) in [5, 5.41) is 0. The third-order valence-corrected chi connectivity index (χ3v) is 3.97. The average molecular weight is 255 g/mol. The van der Waals surface area contributed by atoms with Gasteiger partial charge >= 0.3 is 5.97 Å². The molecule has 104 valence electrons. The third kappa shape index (κ3) is 3.43. The molecular formula is C13H25N3O2. The number of hydrogen-bond acceptors (Lipinski definition) is 5. The van der Waals surface area contributed by atoms with E-state index in [0.717, 1.165) is 19.6 Å². The molecule has 5 nitrogen and oxygen atoms in total. The lowest BCUT2D eigenvalue weighted by atomic mass is 9.99. The Hall–Kier alpha value is -0.650. The lowest BCUT2D eigenvalue weighted by Crippen LogP contribution is -2.57. The maximum absolute atomic E-state index is 11.5. The Kier molecular flexibility index (Phi) is 4.97. The molecule has 0 amide bonds. The largest absolute Gasteiger partial charge is 0.465 e. The van der Waals surface area contributed by atoms with Gasteiger partial charge in [0.25, 0.3) is 0 Å². The number of hydrogen-bond donors (Lipinski definition) is 1. The minimum Gasteiger partial charge on any atom is -0.465 e. The minimum atomic E-state index is -0.500. The third-order valence-electron chi connectivity index (χ3n) is 3.97. The fraction of sp³-hybridized carbons (Fsp3) is 0.923. The van der Waals surface area contributed by atoms with Gasteiger partial charge in [-0.3, -0.25) is 14.6 Å². The summed E-state index contributed by atoms with van der Waals surface area (Å²) in [6, 6.07) is 0.169.